The fraction of sp³-hybridized carbons (Fsp3) is 0.630. The number of fused-ring (bicyclic) bond motifs is 1. The topological polar surface area (TPSA) is 99.3 Å². The van der Waals surface area contributed by atoms with Crippen molar-refractivity contribution in [1.29, 1.82) is 0 Å². The molecule has 0 saturated carbocycles. The highest BCUT2D eigenvalue weighted by molar-refractivity contribution is 6.06. The standard InChI is InChI=1S/C27H36N4O5/c1-26(2,3)36-25(35)30-15-11-27(12-16-30)9-13-29(14-10-27)20-6-4-5-18-19(20)17-31(24(18)34)21-7-8-22(32)28-23(21)33/h4-6,21H,7-17H2,1-3H3,(H,28,32,33). The Kier molecular flexibility index (Phi) is 6.21. The highest BCUT2D eigenvalue weighted by Crippen LogP contribution is 2.44. The summed E-state index contributed by atoms with van der Waals surface area (Å²) in [6.07, 6.45) is 4.45. The first-order chi connectivity index (χ1) is 17.1. The van der Waals surface area contributed by atoms with Crippen LogP contribution < -0.4 is 10.2 Å². The molecule has 0 aromatic heterocycles. The van der Waals surface area contributed by atoms with Gasteiger partial charge in [0.05, 0.1) is 0 Å². The number of carbonyl (C=O) groups excluding carboxylic acids is 4. The van der Waals surface area contributed by atoms with Crippen molar-refractivity contribution in [3.63, 3.8) is 0 Å². The quantitative estimate of drug-likeness (QED) is 0.632. The first-order valence-corrected chi connectivity index (χ1v) is 13.0. The van der Waals surface area contributed by atoms with E-state index in [2.05, 4.69) is 16.3 Å². The van der Waals surface area contributed by atoms with E-state index in [1.54, 1.807) is 4.90 Å². The van der Waals surface area contributed by atoms with Crippen LogP contribution in [0.4, 0.5) is 10.5 Å². The molecule has 1 N–H and O–H groups in total. The smallest absolute Gasteiger partial charge is 0.410 e. The second-order valence-corrected chi connectivity index (χ2v) is 11.7. The average Bonchev–Trinajstić information content (AvgIpc) is 3.15. The molecule has 194 valence electrons. The third kappa shape index (κ3) is 4.67. The molecule has 0 radical (unpaired) electrons. The van der Waals surface area contributed by atoms with Crippen molar-refractivity contribution in [3.05, 3.63) is 29.3 Å². The van der Waals surface area contributed by atoms with E-state index in [0.29, 0.717) is 18.5 Å². The van der Waals surface area contributed by atoms with Gasteiger partial charge in [-0.25, -0.2) is 4.79 Å². The van der Waals surface area contributed by atoms with Gasteiger partial charge in [0.2, 0.25) is 11.8 Å². The zero-order chi connectivity index (χ0) is 25.7. The molecule has 9 heteroatoms. The van der Waals surface area contributed by atoms with E-state index in [1.807, 2.05) is 37.8 Å². The highest BCUT2D eigenvalue weighted by Gasteiger charge is 2.42. The van der Waals surface area contributed by atoms with Gasteiger partial charge in [-0.15, -0.1) is 0 Å². The molecule has 1 aromatic carbocycles. The molecule has 4 aliphatic heterocycles. The molecule has 1 atom stereocenters. The minimum absolute atomic E-state index is 0.135. The number of carbonyl (C=O) groups is 4. The van der Waals surface area contributed by atoms with Gasteiger partial charge in [-0.05, 0) is 70.4 Å². The molecule has 9 nitrogen and oxygen atoms in total. The van der Waals surface area contributed by atoms with E-state index < -0.39 is 11.6 Å². The van der Waals surface area contributed by atoms with Crippen LogP contribution in [0.3, 0.4) is 0 Å². The third-order valence-corrected chi connectivity index (χ3v) is 8.20. The number of anilines is 1. The molecule has 0 aliphatic carbocycles. The van der Waals surface area contributed by atoms with Gasteiger partial charge >= 0.3 is 6.09 Å². The molecular weight excluding hydrogens is 460 g/mol. The van der Waals surface area contributed by atoms with Crippen LogP contribution in [0.2, 0.25) is 0 Å². The van der Waals surface area contributed by atoms with Gasteiger partial charge in [-0.3, -0.25) is 19.7 Å². The van der Waals surface area contributed by atoms with Crippen LogP contribution in [0.25, 0.3) is 0 Å². The number of nitrogens with zero attached hydrogens (tertiary/aromatic N) is 3. The number of nitrogens with one attached hydrogen (secondary N) is 1. The van der Waals surface area contributed by atoms with E-state index in [9.17, 15) is 19.2 Å². The third-order valence-electron chi connectivity index (χ3n) is 8.20. The lowest BCUT2D eigenvalue weighted by Gasteiger charge is -2.47. The molecule has 36 heavy (non-hydrogen) atoms. The van der Waals surface area contributed by atoms with Crippen LogP contribution in [-0.2, 0) is 20.9 Å². The number of imide groups is 1. The Labute approximate surface area is 212 Å². The van der Waals surface area contributed by atoms with Gasteiger partial charge in [0, 0.05) is 56.0 Å². The zero-order valence-electron chi connectivity index (χ0n) is 21.5. The van der Waals surface area contributed by atoms with Gasteiger partial charge in [-0.1, -0.05) is 6.07 Å². The van der Waals surface area contributed by atoms with Crippen molar-refractivity contribution in [3.8, 4) is 0 Å². The van der Waals surface area contributed by atoms with Gasteiger partial charge in [0.15, 0.2) is 0 Å². The van der Waals surface area contributed by atoms with Crippen LogP contribution >= 0.6 is 0 Å². The summed E-state index contributed by atoms with van der Waals surface area (Å²) in [6, 6.07) is 5.23. The summed E-state index contributed by atoms with van der Waals surface area (Å²) in [5, 5.41) is 2.37. The number of hydrogen-bond acceptors (Lipinski definition) is 6. The molecule has 1 spiro atoms. The van der Waals surface area contributed by atoms with Gasteiger partial charge in [0.25, 0.3) is 5.91 Å². The summed E-state index contributed by atoms with van der Waals surface area (Å²) in [7, 11) is 0. The average molecular weight is 497 g/mol. The monoisotopic (exact) mass is 496 g/mol. The Morgan fingerprint density at radius 1 is 1.03 bits per heavy atom. The first-order valence-electron chi connectivity index (χ1n) is 13.0. The molecule has 3 fully saturated rings. The number of likely N-dealkylation sites (tertiary alicyclic amines) is 1. The van der Waals surface area contributed by atoms with Crippen molar-refractivity contribution in [2.24, 2.45) is 5.41 Å². The molecule has 3 saturated heterocycles. The second kappa shape index (κ2) is 9.09. The normalized spacial score (nSPS) is 24.1. The Morgan fingerprint density at radius 2 is 1.69 bits per heavy atom. The number of benzene rings is 1. The zero-order valence-corrected chi connectivity index (χ0v) is 21.5. The van der Waals surface area contributed by atoms with Crippen LogP contribution in [0.1, 0.15) is 75.2 Å². The molecule has 4 amide bonds. The maximum atomic E-state index is 13.2. The fourth-order valence-corrected chi connectivity index (χ4v) is 6.08. The van der Waals surface area contributed by atoms with Gasteiger partial charge in [0.1, 0.15) is 11.6 Å². The maximum absolute atomic E-state index is 13.2. The summed E-state index contributed by atoms with van der Waals surface area (Å²) in [6.45, 7) is 9.32. The van der Waals surface area contributed by atoms with Crippen LogP contribution in [0.5, 0.6) is 0 Å². The summed E-state index contributed by atoms with van der Waals surface area (Å²) >= 11 is 0. The van der Waals surface area contributed by atoms with E-state index >= 15 is 0 Å². The fourth-order valence-electron chi connectivity index (χ4n) is 6.08. The molecule has 1 aromatic rings. The van der Waals surface area contributed by atoms with Crippen molar-refractivity contribution >= 4 is 29.5 Å². The van der Waals surface area contributed by atoms with Crippen LogP contribution in [-0.4, -0.2) is 71.4 Å². The van der Waals surface area contributed by atoms with E-state index in [4.69, 9.17) is 4.74 Å². The highest BCUT2D eigenvalue weighted by atomic mass is 16.6. The summed E-state index contributed by atoms with van der Waals surface area (Å²) in [5.74, 6) is -0.795. The minimum atomic E-state index is -0.602. The summed E-state index contributed by atoms with van der Waals surface area (Å²) < 4.78 is 5.55. The Hall–Kier alpha value is -3.10. The lowest BCUT2D eigenvalue weighted by Crippen LogP contribution is -2.52. The van der Waals surface area contributed by atoms with Gasteiger partial charge in [-0.2, -0.15) is 0 Å². The minimum Gasteiger partial charge on any atom is -0.444 e. The summed E-state index contributed by atoms with van der Waals surface area (Å²) in [5.41, 5.74) is 2.45. The predicted octanol–water partition coefficient (Wildman–Crippen LogP) is 3.07. The molecule has 0 bridgehead atoms. The van der Waals surface area contributed by atoms with E-state index in [0.717, 1.165) is 63.1 Å². The maximum Gasteiger partial charge on any atom is 0.410 e. The van der Waals surface area contributed by atoms with Crippen molar-refractivity contribution in [2.75, 3.05) is 31.1 Å². The van der Waals surface area contributed by atoms with E-state index in [-0.39, 0.29) is 35.7 Å². The number of rotatable bonds is 2. The van der Waals surface area contributed by atoms with Crippen molar-refractivity contribution < 1.29 is 23.9 Å². The predicted molar refractivity (Wildman–Crippen MR) is 133 cm³/mol. The Morgan fingerprint density at radius 3 is 2.33 bits per heavy atom. The first kappa shape index (κ1) is 24.6. The van der Waals surface area contributed by atoms with E-state index in [1.165, 1.54) is 0 Å². The summed E-state index contributed by atoms with van der Waals surface area (Å²) in [4.78, 5) is 55.4. The second-order valence-electron chi connectivity index (χ2n) is 11.7. The number of hydrogen-bond donors (Lipinski definition) is 1. The number of amides is 4. The number of piperidine rings is 3. The van der Waals surface area contributed by atoms with Gasteiger partial charge < -0.3 is 19.4 Å². The molecule has 4 aliphatic rings. The van der Waals surface area contributed by atoms with Crippen molar-refractivity contribution in [2.45, 2.75) is 77.5 Å². The van der Waals surface area contributed by atoms with Crippen molar-refractivity contribution in [1.82, 2.24) is 15.1 Å². The molecule has 5 rings (SSSR count). The van der Waals surface area contributed by atoms with Crippen LogP contribution in [0, 0.1) is 5.41 Å². The Balaban J connectivity index is 1.22. The molecule has 1 unspecified atom stereocenters. The largest absolute Gasteiger partial charge is 0.444 e. The molecular formula is C27H36N4O5. The lowest BCUT2D eigenvalue weighted by atomic mass is 9.71. The molecule has 4 heterocycles. The van der Waals surface area contributed by atoms with Crippen LogP contribution in [0.15, 0.2) is 18.2 Å². The SMILES string of the molecule is CC(C)(C)OC(=O)N1CCC2(CC1)CCN(c1cccc3c1CN(C1CCC(=O)NC1=O)C3=O)CC2. The lowest BCUT2D eigenvalue weighted by molar-refractivity contribution is -0.136. The number of ether oxygens (including phenoxy) is 1. The Bertz CT molecular complexity index is 1080.